The number of halogens is 2. The highest BCUT2D eigenvalue weighted by molar-refractivity contribution is 5.87. The number of hydrogen-bond donors (Lipinski definition) is 4. The van der Waals surface area contributed by atoms with Gasteiger partial charge >= 0.3 is 12.2 Å². The predicted octanol–water partition coefficient (Wildman–Crippen LogP) is 5.93. The minimum atomic E-state index is -3.11. The van der Waals surface area contributed by atoms with Crippen molar-refractivity contribution in [2.24, 2.45) is 5.92 Å². The zero-order chi connectivity index (χ0) is 39.9. The molecule has 0 bridgehead atoms. The van der Waals surface area contributed by atoms with Crippen LogP contribution < -0.4 is 10.6 Å². The Bertz CT molecular complexity index is 2130. The Hall–Kier alpha value is -5.80. The molecule has 1 aliphatic carbocycles. The third-order valence-electron chi connectivity index (χ3n) is 10.9. The number of alkyl halides is 2. The molecule has 56 heavy (non-hydrogen) atoms. The summed E-state index contributed by atoms with van der Waals surface area (Å²) in [6.07, 6.45) is 2.70. The number of methoxy groups -OCH3 is 2. The van der Waals surface area contributed by atoms with Crippen molar-refractivity contribution in [2.75, 3.05) is 27.3 Å². The second kappa shape index (κ2) is 15.4. The number of benzene rings is 2. The summed E-state index contributed by atoms with van der Waals surface area (Å²) in [5.74, 6) is -3.06. The van der Waals surface area contributed by atoms with Crippen LogP contribution in [0.15, 0.2) is 48.7 Å². The van der Waals surface area contributed by atoms with Crippen LogP contribution in [0.1, 0.15) is 75.0 Å². The molecule has 7 rings (SSSR count). The summed E-state index contributed by atoms with van der Waals surface area (Å²) in [6.45, 7) is 5.00. The molecule has 2 fully saturated rings. The van der Waals surface area contributed by atoms with Crippen molar-refractivity contribution in [3.63, 3.8) is 0 Å². The van der Waals surface area contributed by atoms with Crippen LogP contribution in [0.4, 0.5) is 18.4 Å². The number of ether oxygens (including phenoxy) is 2. The lowest BCUT2D eigenvalue weighted by Crippen LogP contribution is -2.51. The van der Waals surface area contributed by atoms with E-state index in [-0.39, 0.29) is 23.7 Å². The summed E-state index contributed by atoms with van der Waals surface area (Å²) in [7, 11) is 2.44. The third-order valence-corrected chi connectivity index (χ3v) is 10.9. The molecule has 296 valence electrons. The van der Waals surface area contributed by atoms with Crippen molar-refractivity contribution in [1.82, 2.24) is 40.4 Å². The lowest BCUT2D eigenvalue weighted by atomic mass is 9.89. The van der Waals surface area contributed by atoms with Crippen LogP contribution in [-0.4, -0.2) is 99.1 Å². The number of aromatic nitrogens is 4. The minimum absolute atomic E-state index is 0.123. The Morgan fingerprint density at radius 3 is 2.27 bits per heavy atom. The first kappa shape index (κ1) is 38.5. The molecule has 3 aliphatic rings. The molecule has 2 aliphatic heterocycles. The Balaban J connectivity index is 1.06. The second-order valence-electron chi connectivity index (χ2n) is 15.0. The number of imidazole rings is 2. The molecule has 2 saturated heterocycles. The van der Waals surface area contributed by atoms with Gasteiger partial charge in [-0.2, -0.15) is 0 Å². The molecule has 4 aromatic rings. The quantitative estimate of drug-likeness (QED) is 0.162. The smallest absolute Gasteiger partial charge is 0.407 e. The number of H-pyrrole nitrogens is 2. The van der Waals surface area contributed by atoms with Gasteiger partial charge in [0.1, 0.15) is 23.7 Å². The van der Waals surface area contributed by atoms with E-state index in [9.17, 15) is 28.0 Å². The topological polar surface area (TPSA) is 175 Å². The normalized spacial score (nSPS) is 19.6. The molecule has 4 N–H and O–H groups in total. The fraction of sp³-hybridized carbons (Fsp3) is 0.450. The van der Waals surface area contributed by atoms with Gasteiger partial charge in [0.15, 0.2) is 0 Å². The van der Waals surface area contributed by atoms with Crippen LogP contribution in [0.25, 0.3) is 33.6 Å². The average Bonchev–Trinajstić information content (AvgIpc) is 4.01. The molecule has 14 nitrogen and oxygen atoms in total. The standard InChI is InChI=1S/C40H46F2N8O6/c1-21(2)32(48-39(54)56-5)37(52)49-16-6-7-30(49)35-45-28-15-13-26-17-25(12-14-27(26)33(28)47-35)23-8-10-24(11-9-23)29-19-43-34(46-29)31-18-40(41,42)20-50(31)36(51)22(3)44-38(53)55-4/h8-12,14,17,19,21-22,30-32H,6-7,13,15-16,18,20H2,1-5H3,(H,43,46)(H,44,53)(H,45,47)(H,48,54)/t22-,30-,31-,32-/m0/s1. The molecule has 0 radical (unpaired) electrons. The number of rotatable bonds is 9. The Kier molecular flexibility index (Phi) is 10.6. The van der Waals surface area contributed by atoms with Crippen LogP contribution in [0, 0.1) is 5.92 Å². The molecule has 16 heteroatoms. The van der Waals surface area contributed by atoms with E-state index in [1.165, 1.54) is 19.6 Å². The first-order valence-corrected chi connectivity index (χ1v) is 18.8. The summed E-state index contributed by atoms with van der Waals surface area (Å²) in [5, 5.41) is 5.05. The van der Waals surface area contributed by atoms with E-state index in [0.717, 1.165) is 77.2 Å². The molecular formula is C40H46F2N8O6. The highest BCUT2D eigenvalue weighted by Crippen LogP contribution is 2.42. The highest BCUT2D eigenvalue weighted by atomic mass is 19.3. The number of alkyl carbamates (subject to hydrolysis) is 2. The van der Waals surface area contributed by atoms with E-state index < -0.39 is 55.1 Å². The van der Waals surface area contributed by atoms with Crippen molar-refractivity contribution < 1.29 is 37.4 Å². The number of aromatic amines is 2. The van der Waals surface area contributed by atoms with Crippen LogP contribution in [-0.2, 0) is 31.9 Å². The van der Waals surface area contributed by atoms with Crippen LogP contribution in [0.5, 0.6) is 0 Å². The molecule has 0 saturated carbocycles. The van der Waals surface area contributed by atoms with Crippen molar-refractivity contribution in [2.45, 2.75) is 83.0 Å². The van der Waals surface area contributed by atoms with E-state index in [1.807, 2.05) is 43.0 Å². The molecule has 0 unspecified atom stereocenters. The van der Waals surface area contributed by atoms with Gasteiger partial charge in [-0.1, -0.05) is 56.3 Å². The molecule has 0 spiro atoms. The second-order valence-corrected chi connectivity index (χ2v) is 15.0. The lowest BCUT2D eigenvalue weighted by Gasteiger charge is -2.30. The summed E-state index contributed by atoms with van der Waals surface area (Å²) < 4.78 is 38.5. The van der Waals surface area contributed by atoms with Crippen molar-refractivity contribution >= 4 is 24.0 Å². The van der Waals surface area contributed by atoms with Crippen LogP contribution >= 0.6 is 0 Å². The van der Waals surface area contributed by atoms with Gasteiger partial charge in [0.05, 0.1) is 50.4 Å². The number of nitrogens with zero attached hydrogens (tertiary/aromatic N) is 4. The van der Waals surface area contributed by atoms with Gasteiger partial charge in [-0.05, 0) is 60.8 Å². The van der Waals surface area contributed by atoms with Gasteiger partial charge in [0.25, 0.3) is 5.92 Å². The first-order valence-electron chi connectivity index (χ1n) is 18.8. The zero-order valence-electron chi connectivity index (χ0n) is 31.9. The maximum atomic E-state index is 14.6. The third kappa shape index (κ3) is 7.56. The number of fused-ring (bicyclic) bond motifs is 3. The molecule has 4 amide bonds. The minimum Gasteiger partial charge on any atom is -0.453 e. The molecule has 4 atom stereocenters. The number of hydrogen-bond acceptors (Lipinski definition) is 8. The molecule has 4 heterocycles. The highest BCUT2D eigenvalue weighted by Gasteiger charge is 2.49. The Morgan fingerprint density at radius 2 is 1.55 bits per heavy atom. The number of likely N-dealkylation sites (tertiary alicyclic amines) is 2. The Labute approximate surface area is 322 Å². The van der Waals surface area contributed by atoms with E-state index in [4.69, 9.17) is 9.72 Å². The SMILES string of the molecule is COC(=O)N[C@@H](C)C(=O)N1CC(F)(F)C[C@H]1c1ncc(-c2ccc(-c3ccc4c(c3)CCc3[nH]c([C@@H]5CCCN5C(=O)[C@@H](NC(=O)OC)C(C)C)nc3-4)cc2)[nH]1. The van der Waals surface area contributed by atoms with E-state index in [1.54, 1.807) is 6.20 Å². The number of carbonyl (C=O) groups excluding carboxylic acids is 4. The van der Waals surface area contributed by atoms with Crippen molar-refractivity contribution in [3.05, 3.63) is 71.6 Å². The molecule has 2 aromatic heterocycles. The van der Waals surface area contributed by atoms with E-state index in [2.05, 4.69) is 48.5 Å². The summed E-state index contributed by atoms with van der Waals surface area (Å²) in [5.41, 5.74) is 7.57. The van der Waals surface area contributed by atoms with E-state index in [0.29, 0.717) is 12.2 Å². The maximum Gasteiger partial charge on any atom is 0.407 e. The van der Waals surface area contributed by atoms with Crippen LogP contribution in [0.3, 0.4) is 0 Å². The number of amides is 4. The lowest BCUT2D eigenvalue weighted by molar-refractivity contribution is -0.136. The Morgan fingerprint density at radius 1 is 0.857 bits per heavy atom. The van der Waals surface area contributed by atoms with Gasteiger partial charge in [-0.15, -0.1) is 0 Å². The summed E-state index contributed by atoms with van der Waals surface area (Å²) >= 11 is 0. The van der Waals surface area contributed by atoms with Gasteiger partial charge < -0.3 is 39.9 Å². The van der Waals surface area contributed by atoms with Crippen LogP contribution in [0.2, 0.25) is 0 Å². The number of nitrogens with one attached hydrogen (secondary N) is 4. The van der Waals surface area contributed by atoms with Gasteiger partial charge in [0.2, 0.25) is 11.8 Å². The largest absolute Gasteiger partial charge is 0.453 e. The summed E-state index contributed by atoms with van der Waals surface area (Å²) in [6, 6.07) is 11.2. The summed E-state index contributed by atoms with van der Waals surface area (Å²) in [4.78, 5) is 69.4. The van der Waals surface area contributed by atoms with Crippen molar-refractivity contribution in [3.8, 4) is 33.6 Å². The molecule has 2 aromatic carbocycles. The number of carbonyl (C=O) groups is 4. The van der Waals surface area contributed by atoms with Gasteiger partial charge in [0, 0.05) is 24.2 Å². The van der Waals surface area contributed by atoms with Gasteiger partial charge in [-0.25, -0.2) is 28.3 Å². The zero-order valence-corrected chi connectivity index (χ0v) is 31.9. The average molecular weight is 773 g/mol. The fourth-order valence-electron chi connectivity index (χ4n) is 7.99. The molecular weight excluding hydrogens is 726 g/mol. The predicted molar refractivity (Wildman–Crippen MR) is 201 cm³/mol. The fourth-order valence-corrected chi connectivity index (χ4v) is 7.99. The first-order chi connectivity index (χ1) is 26.8. The number of aryl methyl sites for hydroxylation is 2. The maximum absolute atomic E-state index is 14.6. The van der Waals surface area contributed by atoms with E-state index >= 15 is 0 Å². The monoisotopic (exact) mass is 772 g/mol. The van der Waals surface area contributed by atoms with Crippen molar-refractivity contribution in [1.29, 1.82) is 0 Å². The van der Waals surface area contributed by atoms with Gasteiger partial charge in [-0.3, -0.25) is 9.59 Å².